The van der Waals surface area contributed by atoms with Gasteiger partial charge in [-0.15, -0.1) is 0 Å². The summed E-state index contributed by atoms with van der Waals surface area (Å²) in [5.41, 5.74) is 18.6. The van der Waals surface area contributed by atoms with E-state index in [4.69, 9.17) is 96.6 Å². The first-order chi connectivity index (χ1) is 56.8. The van der Waals surface area contributed by atoms with E-state index < -0.39 is 249 Å². The maximum Gasteiger partial charge on any atom is 0.472 e. The van der Waals surface area contributed by atoms with Crippen molar-refractivity contribution in [2.75, 3.05) is 62.6 Å². The van der Waals surface area contributed by atoms with Crippen molar-refractivity contribution in [2.45, 2.75) is 163 Å². The Hall–Kier alpha value is -8.88. The molecule has 61 heteroatoms. The Morgan fingerprint density at radius 3 is 1.17 bits per heavy atom. The van der Waals surface area contributed by atoms with Crippen LogP contribution in [0.1, 0.15) is 87.0 Å². The van der Waals surface area contributed by atoms with E-state index in [9.17, 15) is 86.3 Å². The molecule has 23 atom stereocenters. The molecule has 0 bridgehead atoms. The summed E-state index contributed by atoms with van der Waals surface area (Å²) in [5.74, 6) is -0.576. The second kappa shape index (κ2) is 34.1. The molecule has 18 N–H and O–H groups in total. The van der Waals surface area contributed by atoms with Gasteiger partial charge >= 0.3 is 56.2 Å². The molecule has 6 aliphatic heterocycles. The van der Waals surface area contributed by atoms with E-state index in [-0.39, 0.29) is 80.9 Å². The zero-order valence-corrected chi connectivity index (χ0v) is 66.5. The number of anilines is 4. The van der Waals surface area contributed by atoms with Gasteiger partial charge in [-0.25, -0.2) is 72.1 Å². The molecule has 0 aromatic carbocycles. The summed E-state index contributed by atoms with van der Waals surface area (Å²) in [4.78, 5) is 177. The zero-order valence-electron chi connectivity index (χ0n) is 62.0. The molecular formula is C59H75N22O34P5. The van der Waals surface area contributed by atoms with Crippen LogP contribution in [0.2, 0.25) is 0 Å². The summed E-state index contributed by atoms with van der Waals surface area (Å²) in [5, 5.41) is 21.2. The number of nitrogen functional groups attached to an aromatic ring is 4. The van der Waals surface area contributed by atoms with Crippen molar-refractivity contribution in [3.05, 3.63) is 130 Å². The average Bonchev–Trinajstić information content (AvgIpc) is 1.63. The van der Waals surface area contributed by atoms with Crippen molar-refractivity contribution in [1.82, 2.24) is 87.2 Å². The van der Waals surface area contributed by atoms with Gasteiger partial charge in [-0.2, -0.15) is 9.97 Å². The minimum absolute atomic E-state index is 0.0402. The van der Waals surface area contributed by atoms with Crippen molar-refractivity contribution in [2.24, 2.45) is 0 Å². The quantitative estimate of drug-likeness (QED) is 0.0197. The highest BCUT2D eigenvalue weighted by Crippen LogP contribution is 2.56. The Labute approximate surface area is 667 Å². The highest BCUT2D eigenvalue weighted by Gasteiger charge is 2.52. The van der Waals surface area contributed by atoms with Crippen LogP contribution >= 0.6 is 39.1 Å². The predicted octanol–water partition coefficient (Wildman–Crippen LogP) is -2.31. The molecule has 0 radical (unpaired) electrons. The molecule has 0 amide bonds. The van der Waals surface area contributed by atoms with Gasteiger partial charge in [-0.05, 0) is 19.9 Å². The number of aromatic amines is 3. The zero-order chi connectivity index (χ0) is 85.4. The Balaban J connectivity index is 0.633. The first-order valence-corrected chi connectivity index (χ1v) is 43.4. The number of hydrogen-bond acceptors (Lipinski definition) is 42. The monoisotopic (exact) mass is 1790 g/mol. The number of aliphatic hydroxyl groups excluding tert-OH is 2. The number of fused-ring (bicyclic) bond motifs is 3. The predicted molar refractivity (Wildman–Crippen MR) is 395 cm³/mol. The molecule has 56 nitrogen and oxygen atoms in total. The van der Waals surface area contributed by atoms with Gasteiger partial charge < -0.3 is 86.0 Å². The lowest BCUT2D eigenvalue weighted by Gasteiger charge is -2.26. The number of rotatable bonds is 32. The Morgan fingerprint density at radius 1 is 0.425 bits per heavy atom. The van der Waals surface area contributed by atoms with Gasteiger partial charge in [0.05, 0.1) is 64.7 Å². The topological polar surface area (TPSA) is 774 Å². The second-order valence-corrected chi connectivity index (χ2v) is 35.0. The first-order valence-electron chi connectivity index (χ1n) is 35.9. The minimum Gasteiger partial charge on any atom is -0.394 e. The lowest BCUT2D eigenvalue weighted by atomic mass is 10.2. The molecule has 6 fully saturated rings. The van der Waals surface area contributed by atoms with Crippen LogP contribution in [0.4, 0.5) is 23.4 Å². The minimum atomic E-state index is -5.64. The molecule has 9 aromatic heterocycles. The molecule has 9 aromatic rings. The number of phosphoric ester groups is 5. The molecular weight excluding hydrogens is 1720 g/mol. The summed E-state index contributed by atoms with van der Waals surface area (Å²) in [6.07, 6.45) is -20.0. The van der Waals surface area contributed by atoms with Crippen molar-refractivity contribution in [1.29, 1.82) is 0 Å². The number of nitrogens with two attached hydrogens (primary N) is 4. The molecule has 15 rings (SSSR count). The summed E-state index contributed by atoms with van der Waals surface area (Å²) in [6, 6.07) is 1.23. The van der Waals surface area contributed by atoms with Crippen molar-refractivity contribution in [3.63, 3.8) is 0 Å². The summed E-state index contributed by atoms with van der Waals surface area (Å²) in [7, 11) is -27.4. The van der Waals surface area contributed by atoms with E-state index in [1.54, 1.807) is 0 Å². The third-order valence-corrected chi connectivity index (χ3v) is 24.9. The SMILES string of the molecule is Cc1cn([C@H]2C[C@H](OP(=O)(O)OC[C@H]3O[C@@H](n4cnc5c(=O)[nH]c(N)nc54)C[C@@H]3OP(=O)(O)OC[C@H]3O[C@@H](n4cc(C)c(=O)[nH]c4=O)C[C@@H]3OP(=O)(O)OC[C@H]3O[C@@H](n4cnc5c(N)ncnc54)C[C@@H]3OP(=O)(O)OC[C@H]3O[C@@H](n4ccc(N)nc4=O)C[C@@H]3OP(=O)(O)OC[C@H]3O[C@@H](n4cnc5c(N)ncnc54)C[C@@H]3O)[C@@H](CO)O2)c(=O)[nH]c1=O. The van der Waals surface area contributed by atoms with Crippen molar-refractivity contribution in [3.8, 4) is 0 Å². The molecule has 120 heavy (non-hydrogen) atoms. The van der Waals surface area contributed by atoms with Crippen LogP contribution < -0.4 is 56.7 Å². The standard InChI is InChI=1S/C59H75N22O34P5/c1-24-11-77(58(88)74-53(24)84)41-6-27(32(13-82)105-41)111-117(92,93)101-18-37-31(10-44(110-37)81-23-70-47-52(81)72-56(63)73-55(47)86)115-120(98,99)103-16-35-29(8-42(108-35)78-12-25(2)54(85)75-59(78)89)113-118(94,95)104-17-36-30(9-43(109-36)80-22-69-46-49(62)65-20-67-51(46)80)114-119(96,97)102-15-34-28(7-40(107-34)76-4-3-38(60)71-57(76)87)112-116(90,91)100-14-33-26(83)5-39(106-33)79-21-68-45-48(61)64-19-66-50(45)79/h3-4,11-12,19-23,26-37,39-44,82-83H,5-10,13-18H2,1-2H3,(H,90,91)(H,92,93)(H,94,95)(H,96,97)(H,98,99)(H2,60,71,87)(H2,61,64,66)(H2,62,65,67)(H,74,84,88)(H,75,85,89)(H3,63,72,73,86)/t26-,27-,28-,29-,30-,31-,32+,33+,34+,35+,36+,37+,39+,40+,41+,42+,43+,44+/m0/s1. The Bertz CT molecular complexity index is 6010. The Kier molecular flexibility index (Phi) is 24.5. The molecule has 15 heterocycles. The average molecular weight is 1790 g/mol. The first kappa shape index (κ1) is 86.1. The van der Waals surface area contributed by atoms with Crippen LogP contribution in [0, 0.1) is 13.8 Å². The van der Waals surface area contributed by atoms with Gasteiger partial charge in [-0.1, -0.05) is 0 Å². The number of H-pyrrole nitrogens is 3. The number of imidazole rings is 3. The molecule has 6 aliphatic rings. The van der Waals surface area contributed by atoms with Gasteiger partial charge in [0.25, 0.3) is 16.7 Å². The number of hydrogen-bond donors (Lipinski definition) is 14. The highest BCUT2D eigenvalue weighted by molar-refractivity contribution is 7.48. The molecule has 6 saturated heterocycles. The summed E-state index contributed by atoms with van der Waals surface area (Å²) >= 11 is 0. The third-order valence-electron chi connectivity index (χ3n) is 19.9. The number of aromatic nitrogens is 18. The van der Waals surface area contributed by atoms with E-state index >= 15 is 0 Å². The van der Waals surface area contributed by atoms with Crippen LogP contribution in [0.25, 0.3) is 33.5 Å². The van der Waals surface area contributed by atoms with Crippen LogP contribution in [-0.4, -0.2) is 235 Å². The third kappa shape index (κ3) is 18.9. The van der Waals surface area contributed by atoms with Crippen LogP contribution in [0.15, 0.2) is 85.1 Å². The summed E-state index contributed by atoms with van der Waals surface area (Å²) in [6.45, 7) is -3.15. The number of aryl methyl sites for hydroxylation is 2. The largest absolute Gasteiger partial charge is 0.472 e. The van der Waals surface area contributed by atoms with E-state index in [0.717, 1.165) is 32.6 Å². The molecule has 0 spiro atoms. The van der Waals surface area contributed by atoms with E-state index in [0.29, 0.717) is 0 Å². The van der Waals surface area contributed by atoms with Gasteiger partial charge in [0.2, 0.25) is 5.95 Å². The second-order valence-electron chi connectivity index (χ2n) is 27.9. The number of ether oxygens (including phenoxy) is 6. The fourth-order valence-corrected chi connectivity index (χ4v) is 18.9. The smallest absolute Gasteiger partial charge is 0.394 e. The normalized spacial score (nSPS) is 29.7. The lowest BCUT2D eigenvalue weighted by molar-refractivity contribution is -0.0648. The number of nitrogens with one attached hydrogen (secondary N) is 3. The van der Waals surface area contributed by atoms with Gasteiger partial charge in [-0.3, -0.25) is 102 Å². The number of aliphatic hydroxyl groups is 2. The maximum atomic E-state index is 14.5. The molecule has 0 saturated carbocycles. The highest BCUT2D eigenvalue weighted by atomic mass is 31.2. The van der Waals surface area contributed by atoms with E-state index in [2.05, 4.69) is 59.8 Å². The van der Waals surface area contributed by atoms with Crippen molar-refractivity contribution < 1.29 is 131 Å². The molecule has 5 unspecified atom stereocenters. The van der Waals surface area contributed by atoms with Crippen LogP contribution in [0.3, 0.4) is 0 Å². The van der Waals surface area contributed by atoms with E-state index in [1.807, 2.05) is 0 Å². The fraction of sp³-hybridized carbons (Fsp3) is 0.542. The fourth-order valence-electron chi connectivity index (χ4n) is 14.1. The van der Waals surface area contributed by atoms with Gasteiger partial charge in [0, 0.05) is 68.2 Å². The molecule has 650 valence electrons. The molecule has 0 aliphatic carbocycles. The van der Waals surface area contributed by atoms with Gasteiger partial charge in [0.1, 0.15) is 134 Å². The van der Waals surface area contributed by atoms with Crippen LogP contribution in [0.5, 0.6) is 0 Å². The number of phosphoric acid groups is 5. The lowest BCUT2D eigenvalue weighted by Crippen LogP contribution is -2.33. The maximum absolute atomic E-state index is 14.5. The summed E-state index contributed by atoms with van der Waals surface area (Å²) < 4.78 is 169. The van der Waals surface area contributed by atoms with Crippen LogP contribution in [-0.2, 0) is 96.5 Å². The number of nitrogens with zero attached hydrogens (tertiary/aromatic N) is 15. The van der Waals surface area contributed by atoms with E-state index in [1.165, 1.54) is 65.0 Å². The Morgan fingerprint density at radius 2 is 0.767 bits per heavy atom. The van der Waals surface area contributed by atoms with Crippen molar-refractivity contribution >= 4 is 96.0 Å². The van der Waals surface area contributed by atoms with Gasteiger partial charge in [0.15, 0.2) is 34.1 Å².